The SMILES string of the molecule is CC1CCCNC1C(=O)N(C)CC(C)(C)O. The highest BCUT2D eigenvalue weighted by molar-refractivity contribution is 5.82. The maximum Gasteiger partial charge on any atom is 0.239 e. The number of nitrogens with zero attached hydrogens (tertiary/aromatic N) is 1. The number of nitrogens with one attached hydrogen (secondary N) is 1. The topological polar surface area (TPSA) is 52.6 Å². The van der Waals surface area contributed by atoms with Crippen LogP contribution in [-0.4, -0.2) is 47.7 Å². The second-order valence-electron chi connectivity index (χ2n) is 5.56. The first-order chi connectivity index (χ1) is 7.31. The number of piperidine rings is 1. The molecule has 0 saturated carbocycles. The molecule has 16 heavy (non-hydrogen) atoms. The molecule has 4 heteroatoms. The molecule has 2 N–H and O–H groups in total. The average molecular weight is 228 g/mol. The fourth-order valence-electron chi connectivity index (χ4n) is 2.28. The molecule has 4 nitrogen and oxygen atoms in total. The minimum atomic E-state index is -0.831. The van der Waals surface area contributed by atoms with Crippen molar-refractivity contribution in [3.8, 4) is 0 Å². The van der Waals surface area contributed by atoms with E-state index in [0.29, 0.717) is 12.5 Å². The molecular formula is C12H24N2O2. The van der Waals surface area contributed by atoms with E-state index in [1.807, 2.05) is 0 Å². The fourth-order valence-corrected chi connectivity index (χ4v) is 2.28. The monoisotopic (exact) mass is 228 g/mol. The van der Waals surface area contributed by atoms with Gasteiger partial charge >= 0.3 is 0 Å². The Labute approximate surface area is 98.0 Å². The van der Waals surface area contributed by atoms with E-state index in [1.54, 1.807) is 25.8 Å². The summed E-state index contributed by atoms with van der Waals surface area (Å²) < 4.78 is 0. The Morgan fingerprint density at radius 1 is 1.56 bits per heavy atom. The first kappa shape index (κ1) is 13.5. The molecule has 1 amide bonds. The lowest BCUT2D eigenvalue weighted by atomic mass is 9.91. The van der Waals surface area contributed by atoms with Crippen LogP contribution in [-0.2, 0) is 4.79 Å². The molecule has 1 fully saturated rings. The van der Waals surface area contributed by atoms with Gasteiger partial charge in [-0.25, -0.2) is 0 Å². The molecule has 1 rings (SSSR count). The smallest absolute Gasteiger partial charge is 0.239 e. The van der Waals surface area contributed by atoms with Crippen LogP contribution in [0.15, 0.2) is 0 Å². The highest BCUT2D eigenvalue weighted by Gasteiger charge is 2.31. The number of likely N-dealkylation sites (N-methyl/N-ethyl adjacent to an activating group) is 1. The second-order valence-corrected chi connectivity index (χ2v) is 5.56. The first-order valence-electron chi connectivity index (χ1n) is 6.02. The Morgan fingerprint density at radius 3 is 2.69 bits per heavy atom. The molecule has 0 aliphatic carbocycles. The predicted molar refractivity (Wildman–Crippen MR) is 64.1 cm³/mol. The average Bonchev–Trinajstić information content (AvgIpc) is 2.15. The number of rotatable bonds is 3. The minimum absolute atomic E-state index is 0.0823. The van der Waals surface area contributed by atoms with E-state index in [2.05, 4.69) is 12.2 Å². The van der Waals surface area contributed by atoms with Gasteiger partial charge in [-0.05, 0) is 39.2 Å². The molecule has 1 aliphatic heterocycles. The number of hydrogen-bond donors (Lipinski definition) is 2. The quantitative estimate of drug-likeness (QED) is 0.744. The first-order valence-corrected chi connectivity index (χ1v) is 6.02. The highest BCUT2D eigenvalue weighted by Crippen LogP contribution is 2.17. The van der Waals surface area contributed by atoms with Gasteiger partial charge in [-0.15, -0.1) is 0 Å². The van der Waals surface area contributed by atoms with Gasteiger partial charge in [-0.3, -0.25) is 4.79 Å². The van der Waals surface area contributed by atoms with Gasteiger partial charge < -0.3 is 15.3 Å². The lowest BCUT2D eigenvalue weighted by molar-refractivity contribution is -0.136. The van der Waals surface area contributed by atoms with E-state index in [1.165, 1.54) is 0 Å². The van der Waals surface area contributed by atoms with Gasteiger partial charge in [0.25, 0.3) is 0 Å². The number of carbonyl (C=O) groups excluding carboxylic acids is 1. The zero-order chi connectivity index (χ0) is 12.3. The van der Waals surface area contributed by atoms with E-state index in [-0.39, 0.29) is 11.9 Å². The van der Waals surface area contributed by atoms with Crippen LogP contribution in [0, 0.1) is 5.92 Å². The van der Waals surface area contributed by atoms with Crippen LogP contribution < -0.4 is 5.32 Å². The van der Waals surface area contributed by atoms with E-state index >= 15 is 0 Å². The second kappa shape index (κ2) is 5.15. The van der Waals surface area contributed by atoms with Crippen LogP contribution in [0.3, 0.4) is 0 Å². The molecule has 0 aromatic rings. The Morgan fingerprint density at radius 2 is 2.19 bits per heavy atom. The molecule has 1 aliphatic rings. The predicted octanol–water partition coefficient (Wildman–Crippen LogP) is 0.604. The van der Waals surface area contributed by atoms with Crippen molar-refractivity contribution in [1.82, 2.24) is 10.2 Å². The van der Waals surface area contributed by atoms with Crippen molar-refractivity contribution in [3.63, 3.8) is 0 Å². The summed E-state index contributed by atoms with van der Waals surface area (Å²) in [6.07, 6.45) is 2.24. The van der Waals surface area contributed by atoms with Crippen molar-refractivity contribution in [1.29, 1.82) is 0 Å². The van der Waals surface area contributed by atoms with Crippen LogP contribution in [0.25, 0.3) is 0 Å². The molecule has 2 atom stereocenters. The Balaban J connectivity index is 2.55. The summed E-state index contributed by atoms with van der Waals surface area (Å²) in [5, 5.41) is 12.9. The largest absolute Gasteiger partial charge is 0.389 e. The molecule has 94 valence electrons. The van der Waals surface area contributed by atoms with Crippen molar-refractivity contribution in [3.05, 3.63) is 0 Å². The molecule has 0 radical (unpaired) electrons. The van der Waals surface area contributed by atoms with E-state index < -0.39 is 5.60 Å². The van der Waals surface area contributed by atoms with Crippen molar-refractivity contribution in [2.45, 2.75) is 45.3 Å². The van der Waals surface area contributed by atoms with Crippen LogP contribution >= 0.6 is 0 Å². The summed E-state index contributed by atoms with van der Waals surface area (Å²) in [5.41, 5.74) is -0.831. The van der Waals surface area contributed by atoms with Crippen LogP contribution in [0.4, 0.5) is 0 Å². The van der Waals surface area contributed by atoms with Crippen LogP contribution in [0.1, 0.15) is 33.6 Å². The molecule has 0 spiro atoms. The summed E-state index contributed by atoms with van der Waals surface area (Å²) in [5.74, 6) is 0.472. The minimum Gasteiger partial charge on any atom is -0.389 e. The Bertz CT molecular complexity index is 248. The van der Waals surface area contributed by atoms with Crippen molar-refractivity contribution >= 4 is 5.91 Å². The number of aliphatic hydroxyl groups is 1. The molecule has 0 bridgehead atoms. The lowest BCUT2D eigenvalue weighted by Gasteiger charge is -2.34. The summed E-state index contributed by atoms with van der Waals surface area (Å²) in [6, 6.07) is -0.0823. The molecule has 1 saturated heterocycles. The lowest BCUT2D eigenvalue weighted by Crippen LogP contribution is -2.53. The van der Waals surface area contributed by atoms with Gasteiger partial charge in [-0.2, -0.15) is 0 Å². The molecule has 0 aromatic carbocycles. The fraction of sp³-hybridized carbons (Fsp3) is 0.917. The third kappa shape index (κ3) is 3.76. The van der Waals surface area contributed by atoms with Crippen molar-refractivity contribution < 1.29 is 9.90 Å². The molecule has 2 unspecified atom stereocenters. The Hall–Kier alpha value is -0.610. The van der Waals surface area contributed by atoms with Crippen LogP contribution in [0.2, 0.25) is 0 Å². The number of hydrogen-bond acceptors (Lipinski definition) is 3. The van der Waals surface area contributed by atoms with Gasteiger partial charge in [0.15, 0.2) is 0 Å². The van der Waals surface area contributed by atoms with Gasteiger partial charge in [0.05, 0.1) is 11.6 Å². The maximum absolute atomic E-state index is 12.1. The van der Waals surface area contributed by atoms with Crippen molar-refractivity contribution in [2.24, 2.45) is 5.92 Å². The van der Waals surface area contributed by atoms with E-state index in [4.69, 9.17) is 0 Å². The summed E-state index contributed by atoms with van der Waals surface area (Å²) in [6.45, 7) is 6.82. The normalized spacial score (nSPS) is 26.6. The van der Waals surface area contributed by atoms with Gasteiger partial charge in [0, 0.05) is 13.6 Å². The van der Waals surface area contributed by atoms with Gasteiger partial charge in [0.1, 0.15) is 0 Å². The summed E-state index contributed by atoms with van der Waals surface area (Å²) in [4.78, 5) is 13.8. The van der Waals surface area contributed by atoms with E-state index in [9.17, 15) is 9.90 Å². The third-order valence-electron chi connectivity index (χ3n) is 3.04. The number of carbonyl (C=O) groups is 1. The van der Waals surface area contributed by atoms with Crippen molar-refractivity contribution in [2.75, 3.05) is 20.1 Å². The Kier molecular flexibility index (Phi) is 4.33. The standard InChI is InChI=1S/C12H24N2O2/c1-9-6-5-7-13-10(9)11(15)14(4)8-12(2,3)16/h9-10,13,16H,5-8H2,1-4H3. The summed E-state index contributed by atoms with van der Waals surface area (Å²) >= 11 is 0. The zero-order valence-electron chi connectivity index (χ0n) is 10.8. The van der Waals surface area contributed by atoms with Crippen LogP contribution in [0.5, 0.6) is 0 Å². The summed E-state index contributed by atoms with van der Waals surface area (Å²) in [7, 11) is 1.75. The number of amides is 1. The maximum atomic E-state index is 12.1. The molecular weight excluding hydrogens is 204 g/mol. The van der Waals surface area contributed by atoms with E-state index in [0.717, 1.165) is 19.4 Å². The van der Waals surface area contributed by atoms with Gasteiger partial charge in [-0.1, -0.05) is 6.92 Å². The zero-order valence-corrected chi connectivity index (χ0v) is 10.8. The van der Waals surface area contributed by atoms with Gasteiger partial charge in [0.2, 0.25) is 5.91 Å². The highest BCUT2D eigenvalue weighted by atomic mass is 16.3. The molecule has 0 aromatic heterocycles. The molecule has 1 heterocycles. The third-order valence-corrected chi connectivity index (χ3v) is 3.04.